The van der Waals surface area contributed by atoms with Gasteiger partial charge in [0, 0.05) is 6.42 Å². The van der Waals surface area contributed by atoms with Crippen molar-refractivity contribution >= 4 is 5.97 Å². The summed E-state index contributed by atoms with van der Waals surface area (Å²) < 4.78 is 0. The maximum atomic E-state index is 10.8. The molecule has 0 unspecified atom stereocenters. The summed E-state index contributed by atoms with van der Waals surface area (Å²) in [6.07, 6.45) is 0.895. The molecule has 0 heterocycles. The molecule has 100 valence electrons. The second-order valence-corrected chi connectivity index (χ2v) is 5.91. The summed E-state index contributed by atoms with van der Waals surface area (Å²) >= 11 is 0. The van der Waals surface area contributed by atoms with Crippen LogP contribution in [-0.4, -0.2) is 11.1 Å². The van der Waals surface area contributed by atoms with Gasteiger partial charge in [-0.3, -0.25) is 4.79 Å². The van der Waals surface area contributed by atoms with E-state index in [2.05, 4.69) is 47.6 Å². The molecule has 1 N–H and O–H groups in total. The molecule has 0 saturated heterocycles. The Morgan fingerprint density at radius 2 is 1.56 bits per heavy atom. The molecule has 0 atom stereocenters. The molecule has 0 radical (unpaired) electrons. The van der Waals surface area contributed by atoms with Crippen LogP contribution in [0.5, 0.6) is 0 Å². The number of benzene rings is 1. The minimum absolute atomic E-state index is 0.0939. The monoisotopic (exact) mass is 248 g/mol. The number of hydrogen-bond acceptors (Lipinski definition) is 1. The lowest BCUT2D eigenvalue weighted by atomic mass is 9.74. The molecule has 1 rings (SSSR count). The predicted octanol–water partition coefficient (Wildman–Crippen LogP) is 4.06. The van der Waals surface area contributed by atoms with E-state index >= 15 is 0 Å². The van der Waals surface area contributed by atoms with Gasteiger partial charge in [0.1, 0.15) is 0 Å². The van der Waals surface area contributed by atoms with Gasteiger partial charge in [-0.2, -0.15) is 0 Å². The van der Waals surface area contributed by atoms with Crippen molar-refractivity contribution in [3.63, 3.8) is 0 Å². The van der Waals surface area contributed by atoms with Crippen LogP contribution in [0.3, 0.4) is 0 Å². The molecule has 1 aromatic rings. The summed E-state index contributed by atoms with van der Waals surface area (Å²) in [7, 11) is 0. The highest BCUT2D eigenvalue weighted by Gasteiger charge is 2.26. The topological polar surface area (TPSA) is 37.3 Å². The Bertz CT molecular complexity index is 444. The average molecular weight is 248 g/mol. The summed E-state index contributed by atoms with van der Waals surface area (Å²) in [6.45, 7) is 12.8. The summed E-state index contributed by atoms with van der Waals surface area (Å²) in [6, 6.07) is 2.21. The first-order valence-corrected chi connectivity index (χ1v) is 6.46. The molecule has 0 aliphatic rings. The van der Waals surface area contributed by atoms with Crippen LogP contribution in [0.15, 0.2) is 6.07 Å². The quantitative estimate of drug-likeness (QED) is 0.872. The van der Waals surface area contributed by atoms with Crippen LogP contribution in [-0.2, 0) is 10.2 Å². The molecule has 18 heavy (non-hydrogen) atoms. The Hall–Kier alpha value is -1.31. The molecular weight excluding hydrogens is 224 g/mol. The first kappa shape index (κ1) is 14.7. The van der Waals surface area contributed by atoms with Crippen molar-refractivity contribution in [2.24, 2.45) is 0 Å². The molecular formula is C16H24O2. The normalized spacial score (nSPS) is 11.7. The minimum Gasteiger partial charge on any atom is -0.481 e. The van der Waals surface area contributed by atoms with Crippen molar-refractivity contribution in [1.29, 1.82) is 0 Å². The molecule has 0 aliphatic carbocycles. The third-order valence-electron chi connectivity index (χ3n) is 4.01. The van der Waals surface area contributed by atoms with Crippen LogP contribution in [0.4, 0.5) is 0 Å². The number of aliphatic carboxylic acids is 1. The summed E-state index contributed by atoms with van der Waals surface area (Å²) in [5, 5.41) is 8.87. The van der Waals surface area contributed by atoms with Gasteiger partial charge in [0.2, 0.25) is 0 Å². The molecule has 0 amide bonds. The van der Waals surface area contributed by atoms with E-state index in [1.807, 2.05) is 0 Å². The number of carbonyl (C=O) groups is 1. The summed E-state index contributed by atoms with van der Waals surface area (Å²) in [5.41, 5.74) is 6.40. The zero-order valence-electron chi connectivity index (χ0n) is 12.3. The van der Waals surface area contributed by atoms with Crippen molar-refractivity contribution in [2.75, 3.05) is 0 Å². The van der Waals surface area contributed by atoms with Gasteiger partial charge < -0.3 is 5.11 Å². The van der Waals surface area contributed by atoms with Gasteiger partial charge >= 0.3 is 5.97 Å². The Morgan fingerprint density at radius 3 is 1.94 bits per heavy atom. The lowest BCUT2D eigenvalue weighted by Crippen LogP contribution is -2.22. The molecule has 2 heteroatoms. The minimum atomic E-state index is -0.720. The number of carboxylic acid groups (broad SMARTS) is 1. The lowest BCUT2D eigenvalue weighted by molar-refractivity contribution is -0.137. The highest BCUT2D eigenvalue weighted by molar-refractivity contribution is 5.67. The van der Waals surface area contributed by atoms with Crippen molar-refractivity contribution in [3.8, 4) is 0 Å². The van der Waals surface area contributed by atoms with E-state index in [1.165, 1.54) is 27.8 Å². The van der Waals surface area contributed by atoms with E-state index in [-0.39, 0.29) is 11.8 Å². The van der Waals surface area contributed by atoms with Crippen LogP contribution in [0, 0.1) is 27.7 Å². The Morgan fingerprint density at radius 1 is 1.11 bits per heavy atom. The van der Waals surface area contributed by atoms with Crippen molar-refractivity contribution < 1.29 is 9.90 Å². The molecule has 0 fully saturated rings. The van der Waals surface area contributed by atoms with Crippen LogP contribution in [0.2, 0.25) is 0 Å². The smallest absolute Gasteiger partial charge is 0.303 e. The van der Waals surface area contributed by atoms with Crippen molar-refractivity contribution in [1.82, 2.24) is 0 Å². The Labute approximate surface area is 110 Å². The number of carboxylic acids is 1. The maximum Gasteiger partial charge on any atom is 0.303 e. The van der Waals surface area contributed by atoms with E-state index < -0.39 is 5.97 Å². The third kappa shape index (κ3) is 2.92. The molecule has 0 aliphatic heterocycles. The number of hydrogen-bond donors (Lipinski definition) is 1. The van der Waals surface area contributed by atoms with Crippen LogP contribution in [0.25, 0.3) is 0 Å². The van der Waals surface area contributed by atoms with E-state index in [1.54, 1.807) is 0 Å². The fourth-order valence-electron chi connectivity index (χ4n) is 2.78. The second-order valence-electron chi connectivity index (χ2n) is 5.91. The largest absolute Gasteiger partial charge is 0.481 e. The van der Waals surface area contributed by atoms with E-state index in [0.29, 0.717) is 6.42 Å². The van der Waals surface area contributed by atoms with Gasteiger partial charge in [-0.15, -0.1) is 0 Å². The summed E-state index contributed by atoms with van der Waals surface area (Å²) in [4.78, 5) is 10.8. The fraction of sp³-hybridized carbons (Fsp3) is 0.562. The van der Waals surface area contributed by atoms with E-state index in [0.717, 1.165) is 0 Å². The third-order valence-corrected chi connectivity index (χ3v) is 4.01. The highest BCUT2D eigenvalue weighted by Crippen LogP contribution is 2.36. The van der Waals surface area contributed by atoms with Gasteiger partial charge in [0.15, 0.2) is 0 Å². The first-order chi connectivity index (χ1) is 8.16. The molecule has 0 spiro atoms. The summed E-state index contributed by atoms with van der Waals surface area (Å²) in [5.74, 6) is -0.720. The Kier molecular flexibility index (Phi) is 4.20. The first-order valence-electron chi connectivity index (χ1n) is 6.46. The van der Waals surface area contributed by atoms with Crippen molar-refractivity contribution in [3.05, 3.63) is 33.9 Å². The number of aryl methyl sites for hydroxylation is 2. The molecule has 0 aromatic heterocycles. The van der Waals surface area contributed by atoms with Crippen LogP contribution >= 0.6 is 0 Å². The molecule has 0 bridgehead atoms. The Balaban J connectivity index is 3.26. The lowest BCUT2D eigenvalue weighted by Gasteiger charge is -2.30. The SMILES string of the molecule is Cc1cc(C)c(C)c(C(C)(C)CCC(=O)O)c1C. The zero-order valence-corrected chi connectivity index (χ0v) is 12.3. The van der Waals surface area contributed by atoms with Crippen LogP contribution in [0.1, 0.15) is 54.5 Å². The van der Waals surface area contributed by atoms with Gasteiger partial charge in [-0.1, -0.05) is 19.9 Å². The maximum absolute atomic E-state index is 10.8. The average Bonchev–Trinajstić information content (AvgIpc) is 2.24. The zero-order chi connectivity index (χ0) is 14.1. The van der Waals surface area contributed by atoms with E-state index in [4.69, 9.17) is 5.11 Å². The second kappa shape index (κ2) is 5.13. The van der Waals surface area contributed by atoms with Crippen LogP contribution < -0.4 is 0 Å². The van der Waals surface area contributed by atoms with E-state index in [9.17, 15) is 4.79 Å². The predicted molar refractivity (Wildman–Crippen MR) is 75.3 cm³/mol. The molecule has 1 aromatic carbocycles. The number of rotatable bonds is 4. The molecule has 0 saturated carbocycles. The highest BCUT2D eigenvalue weighted by atomic mass is 16.4. The standard InChI is InChI=1S/C16H24O2/c1-10-9-11(2)13(4)15(12(10)3)16(5,6)8-7-14(17)18/h9H,7-8H2,1-6H3,(H,17,18). The molecule has 2 nitrogen and oxygen atoms in total. The van der Waals surface area contributed by atoms with Gasteiger partial charge in [0.25, 0.3) is 0 Å². The van der Waals surface area contributed by atoms with Gasteiger partial charge in [-0.05, 0) is 67.3 Å². The fourth-order valence-corrected chi connectivity index (χ4v) is 2.78. The van der Waals surface area contributed by atoms with Gasteiger partial charge in [-0.25, -0.2) is 0 Å². The van der Waals surface area contributed by atoms with Crippen molar-refractivity contribution in [2.45, 2.75) is 59.8 Å². The van der Waals surface area contributed by atoms with Gasteiger partial charge in [0.05, 0.1) is 0 Å².